The summed E-state index contributed by atoms with van der Waals surface area (Å²) in [7, 11) is 1.99. The highest BCUT2D eigenvalue weighted by molar-refractivity contribution is 5.38. The highest BCUT2D eigenvalue weighted by atomic mass is 19.1. The van der Waals surface area contributed by atoms with Gasteiger partial charge in [-0.25, -0.2) is 9.37 Å². The van der Waals surface area contributed by atoms with E-state index in [4.69, 9.17) is 4.74 Å². The first-order valence-corrected chi connectivity index (χ1v) is 7.34. The zero-order valence-corrected chi connectivity index (χ0v) is 12.3. The van der Waals surface area contributed by atoms with Gasteiger partial charge in [0.1, 0.15) is 17.4 Å². The van der Waals surface area contributed by atoms with Crippen molar-refractivity contribution in [2.24, 2.45) is 7.05 Å². The number of hydrogen-bond acceptors (Lipinski definition) is 3. The lowest BCUT2D eigenvalue weighted by atomic mass is 9.99. The largest absolute Gasteiger partial charge is 0.493 e. The highest BCUT2D eigenvalue weighted by Crippen LogP contribution is 2.34. The van der Waals surface area contributed by atoms with Crippen LogP contribution in [0.25, 0.3) is 0 Å². The van der Waals surface area contributed by atoms with Crippen molar-refractivity contribution < 1.29 is 9.13 Å². The van der Waals surface area contributed by atoms with Gasteiger partial charge < -0.3 is 14.6 Å². The number of halogens is 1. The van der Waals surface area contributed by atoms with Crippen molar-refractivity contribution in [3.05, 3.63) is 47.8 Å². The maximum atomic E-state index is 13.5. The lowest BCUT2D eigenvalue weighted by Crippen LogP contribution is -2.31. The number of ether oxygens (including phenoxy) is 1. The highest BCUT2D eigenvalue weighted by Gasteiger charge is 2.25. The molecule has 5 heteroatoms. The fourth-order valence-corrected chi connectivity index (χ4v) is 2.87. The van der Waals surface area contributed by atoms with Crippen LogP contribution in [0.4, 0.5) is 4.39 Å². The summed E-state index contributed by atoms with van der Waals surface area (Å²) in [5, 5.41) is 3.60. The van der Waals surface area contributed by atoms with Crippen LogP contribution in [0.3, 0.4) is 0 Å². The van der Waals surface area contributed by atoms with E-state index < -0.39 is 0 Å². The quantitative estimate of drug-likeness (QED) is 0.940. The molecule has 0 unspecified atom stereocenters. The van der Waals surface area contributed by atoms with Gasteiger partial charge in [0.25, 0.3) is 0 Å². The molecule has 0 saturated heterocycles. The number of aromatic nitrogens is 2. The molecule has 1 aromatic carbocycles. The van der Waals surface area contributed by atoms with Crippen molar-refractivity contribution in [3.63, 3.8) is 0 Å². The first-order chi connectivity index (χ1) is 10.2. The Balaban J connectivity index is 1.85. The molecule has 0 spiro atoms. The Bertz CT molecular complexity index is 626. The maximum absolute atomic E-state index is 13.5. The molecule has 0 fully saturated rings. The molecule has 21 heavy (non-hydrogen) atoms. The Kier molecular flexibility index (Phi) is 3.92. The molecule has 4 nitrogen and oxygen atoms in total. The second-order valence-electron chi connectivity index (χ2n) is 5.40. The van der Waals surface area contributed by atoms with E-state index in [0.717, 1.165) is 30.0 Å². The van der Waals surface area contributed by atoms with Crippen LogP contribution in [0.1, 0.15) is 43.2 Å². The third-order valence-corrected chi connectivity index (χ3v) is 3.99. The zero-order chi connectivity index (χ0) is 14.8. The molecular weight excluding hydrogens is 269 g/mol. The van der Waals surface area contributed by atoms with Gasteiger partial charge in [-0.3, -0.25) is 0 Å². The average molecular weight is 289 g/mol. The predicted octanol–water partition coefficient (Wildman–Crippen LogP) is 3.12. The number of imidazole rings is 1. The summed E-state index contributed by atoms with van der Waals surface area (Å²) in [4.78, 5) is 4.42. The summed E-state index contributed by atoms with van der Waals surface area (Å²) in [6.45, 7) is 2.77. The van der Waals surface area contributed by atoms with Gasteiger partial charge in [-0.1, -0.05) is 6.92 Å². The van der Waals surface area contributed by atoms with Crippen molar-refractivity contribution >= 4 is 0 Å². The standard InChI is InChI=1S/C16H20FN3O/c1-3-13(16-18-7-8-20(16)2)19-14-6-9-21-15-5-4-11(17)10-12(14)15/h4-5,7-8,10,13-14,19H,3,6,9H2,1-2H3/t13-,14-/m1/s1. The van der Waals surface area contributed by atoms with Crippen LogP contribution in [-0.2, 0) is 7.05 Å². The SMILES string of the molecule is CC[C@@H](N[C@@H]1CCOc2ccc(F)cc21)c1nccn1C. The van der Waals surface area contributed by atoms with Gasteiger partial charge in [-0.2, -0.15) is 0 Å². The van der Waals surface area contributed by atoms with Crippen LogP contribution in [0.5, 0.6) is 5.75 Å². The smallest absolute Gasteiger partial charge is 0.125 e. The molecule has 0 aliphatic carbocycles. The molecule has 0 radical (unpaired) electrons. The number of nitrogens with one attached hydrogen (secondary N) is 1. The molecule has 0 amide bonds. The van der Waals surface area contributed by atoms with Gasteiger partial charge in [0.05, 0.1) is 12.6 Å². The van der Waals surface area contributed by atoms with Gasteiger partial charge in [0.15, 0.2) is 0 Å². The predicted molar refractivity (Wildman–Crippen MR) is 78.6 cm³/mol. The van der Waals surface area contributed by atoms with Crippen molar-refractivity contribution in [2.45, 2.75) is 31.8 Å². The molecule has 1 aliphatic rings. The van der Waals surface area contributed by atoms with E-state index in [1.165, 1.54) is 6.07 Å². The van der Waals surface area contributed by atoms with Crippen LogP contribution < -0.4 is 10.1 Å². The fourth-order valence-electron chi connectivity index (χ4n) is 2.87. The molecule has 2 heterocycles. The van der Waals surface area contributed by atoms with Crippen LogP contribution in [0, 0.1) is 5.82 Å². The van der Waals surface area contributed by atoms with Crippen LogP contribution >= 0.6 is 0 Å². The minimum Gasteiger partial charge on any atom is -0.493 e. The summed E-state index contributed by atoms with van der Waals surface area (Å²) in [5.41, 5.74) is 0.897. The van der Waals surface area contributed by atoms with Gasteiger partial charge in [0.2, 0.25) is 0 Å². The summed E-state index contributed by atoms with van der Waals surface area (Å²) >= 11 is 0. The normalized spacial score (nSPS) is 18.9. The summed E-state index contributed by atoms with van der Waals surface area (Å²) in [6.07, 6.45) is 5.50. The molecule has 2 atom stereocenters. The number of rotatable bonds is 4. The van der Waals surface area contributed by atoms with E-state index >= 15 is 0 Å². The van der Waals surface area contributed by atoms with Crippen LogP contribution in [-0.4, -0.2) is 16.2 Å². The van der Waals surface area contributed by atoms with Crippen LogP contribution in [0.15, 0.2) is 30.6 Å². The Hall–Kier alpha value is -1.88. The Morgan fingerprint density at radius 2 is 2.38 bits per heavy atom. The number of benzene rings is 1. The summed E-state index contributed by atoms with van der Waals surface area (Å²) in [6, 6.07) is 4.95. The second kappa shape index (κ2) is 5.85. The molecule has 0 bridgehead atoms. The zero-order valence-electron chi connectivity index (χ0n) is 12.3. The molecule has 1 aromatic heterocycles. The van der Waals surface area contributed by atoms with Gasteiger partial charge in [-0.15, -0.1) is 0 Å². The van der Waals surface area contributed by atoms with Crippen molar-refractivity contribution in [1.82, 2.24) is 14.9 Å². The number of fused-ring (bicyclic) bond motifs is 1. The molecule has 1 aliphatic heterocycles. The van der Waals surface area contributed by atoms with E-state index in [1.54, 1.807) is 18.3 Å². The monoisotopic (exact) mass is 289 g/mol. The summed E-state index contributed by atoms with van der Waals surface area (Å²) in [5.74, 6) is 1.55. The van der Waals surface area contributed by atoms with Gasteiger partial charge in [-0.05, 0) is 24.6 Å². The van der Waals surface area contributed by atoms with E-state index in [2.05, 4.69) is 17.2 Å². The number of aryl methyl sites for hydroxylation is 1. The minimum absolute atomic E-state index is 0.0890. The van der Waals surface area contributed by atoms with Crippen LogP contribution in [0.2, 0.25) is 0 Å². The van der Waals surface area contributed by atoms with E-state index in [-0.39, 0.29) is 17.9 Å². The lowest BCUT2D eigenvalue weighted by Gasteiger charge is -2.30. The van der Waals surface area contributed by atoms with E-state index in [9.17, 15) is 4.39 Å². The number of hydrogen-bond donors (Lipinski definition) is 1. The van der Waals surface area contributed by atoms with Crippen molar-refractivity contribution in [1.29, 1.82) is 0 Å². The summed E-state index contributed by atoms with van der Waals surface area (Å²) < 4.78 is 21.2. The first kappa shape index (κ1) is 14.1. The van der Waals surface area contributed by atoms with Gasteiger partial charge >= 0.3 is 0 Å². The number of nitrogens with zero attached hydrogens (tertiary/aromatic N) is 2. The molecule has 112 valence electrons. The molecular formula is C16H20FN3O. The third-order valence-electron chi connectivity index (χ3n) is 3.99. The molecule has 2 aromatic rings. The first-order valence-electron chi connectivity index (χ1n) is 7.34. The molecule has 1 N–H and O–H groups in total. The Labute approximate surface area is 124 Å². The Morgan fingerprint density at radius 3 is 3.10 bits per heavy atom. The Morgan fingerprint density at radius 1 is 1.52 bits per heavy atom. The molecule has 0 saturated carbocycles. The lowest BCUT2D eigenvalue weighted by molar-refractivity contribution is 0.240. The molecule has 3 rings (SSSR count). The van der Waals surface area contributed by atoms with Gasteiger partial charge in [0, 0.05) is 37.5 Å². The maximum Gasteiger partial charge on any atom is 0.125 e. The van der Waals surface area contributed by atoms with E-state index in [0.29, 0.717) is 6.61 Å². The average Bonchev–Trinajstić information content (AvgIpc) is 2.91. The van der Waals surface area contributed by atoms with E-state index in [1.807, 2.05) is 17.8 Å². The van der Waals surface area contributed by atoms with Crippen molar-refractivity contribution in [2.75, 3.05) is 6.61 Å². The second-order valence-corrected chi connectivity index (χ2v) is 5.40. The third kappa shape index (κ3) is 2.78. The minimum atomic E-state index is -0.226. The fraction of sp³-hybridized carbons (Fsp3) is 0.438. The van der Waals surface area contributed by atoms with Crippen molar-refractivity contribution in [3.8, 4) is 5.75 Å². The topological polar surface area (TPSA) is 39.1 Å².